The van der Waals surface area contributed by atoms with Crippen LogP contribution >= 0.6 is 0 Å². The summed E-state index contributed by atoms with van der Waals surface area (Å²) in [6.07, 6.45) is 8.80. The molecule has 14 aromatic carbocycles. The molecule has 0 heterocycles. The summed E-state index contributed by atoms with van der Waals surface area (Å²) in [7, 11) is 0. The van der Waals surface area contributed by atoms with E-state index in [1.54, 1.807) is 0 Å². The maximum atomic E-state index is 2.40. The van der Waals surface area contributed by atoms with Gasteiger partial charge >= 0.3 is 0 Å². The van der Waals surface area contributed by atoms with Gasteiger partial charge in [-0.25, -0.2) is 0 Å². The van der Waals surface area contributed by atoms with Crippen molar-refractivity contribution in [1.29, 1.82) is 0 Å². The van der Waals surface area contributed by atoms with Crippen molar-refractivity contribution in [2.24, 2.45) is 0 Å². The molecule has 0 bridgehead atoms. The molecule has 0 fully saturated rings. The first kappa shape index (κ1) is 44.9. The molecule has 2 heteroatoms. The van der Waals surface area contributed by atoms with Gasteiger partial charge in [0.05, 0.1) is 11.4 Å². The van der Waals surface area contributed by atoms with E-state index in [1.165, 1.54) is 98.3 Å². The SMILES string of the molecule is Cc1ccc(N(c2ccc(/C=C\c3ccc(-c4ccc(/C=C\c5ccc(N(c6ccc(C)cc6)c6ccc7ccc8cccc9ccc6c7c89)cc5)cc4)cc3)cc2)c2ccc3ccc4cccc5ccc2c3c45)cc1. The Morgan fingerprint density at radius 3 is 0.829 bits per heavy atom. The quantitative estimate of drug-likeness (QED) is 0.0941. The third-order valence-electron chi connectivity index (χ3n) is 15.5. The number of nitrogens with zero attached hydrogens (tertiary/aromatic N) is 2. The molecule has 0 saturated carbocycles. The summed E-state index contributed by atoms with van der Waals surface area (Å²) in [5, 5.41) is 15.4. The zero-order valence-electron chi connectivity index (χ0n) is 42.5. The molecule has 358 valence electrons. The number of benzene rings is 14. The van der Waals surface area contributed by atoms with Crippen LogP contribution < -0.4 is 9.80 Å². The van der Waals surface area contributed by atoms with Gasteiger partial charge in [0.15, 0.2) is 0 Å². The van der Waals surface area contributed by atoms with E-state index in [2.05, 4.69) is 303 Å². The number of hydrogen-bond acceptors (Lipinski definition) is 2. The van der Waals surface area contributed by atoms with Gasteiger partial charge in [-0.2, -0.15) is 0 Å². The van der Waals surface area contributed by atoms with Gasteiger partial charge in [-0.05, 0) is 162 Å². The van der Waals surface area contributed by atoms with Crippen molar-refractivity contribution in [1.82, 2.24) is 0 Å². The molecule has 0 N–H and O–H groups in total. The van der Waals surface area contributed by atoms with Gasteiger partial charge in [-0.15, -0.1) is 0 Å². The maximum absolute atomic E-state index is 2.40. The normalized spacial score (nSPS) is 12.0. The van der Waals surface area contributed by atoms with E-state index in [0.717, 1.165) is 45.0 Å². The molecular formula is C74H52N2. The van der Waals surface area contributed by atoms with Crippen LogP contribution in [0.1, 0.15) is 33.4 Å². The smallest absolute Gasteiger partial charge is 0.0540 e. The fraction of sp³-hybridized carbons (Fsp3) is 0.0270. The van der Waals surface area contributed by atoms with Crippen LogP contribution in [-0.2, 0) is 0 Å². The molecule has 0 aliphatic carbocycles. The van der Waals surface area contributed by atoms with E-state index in [0.29, 0.717) is 0 Å². The van der Waals surface area contributed by atoms with Gasteiger partial charge in [0.2, 0.25) is 0 Å². The summed E-state index contributed by atoms with van der Waals surface area (Å²) in [4.78, 5) is 4.80. The van der Waals surface area contributed by atoms with Gasteiger partial charge in [0.25, 0.3) is 0 Å². The van der Waals surface area contributed by atoms with E-state index in [4.69, 9.17) is 0 Å². The molecule has 0 atom stereocenters. The topological polar surface area (TPSA) is 6.48 Å². The lowest BCUT2D eigenvalue weighted by molar-refractivity contribution is 1.29. The first-order chi connectivity index (χ1) is 37.5. The molecule has 0 aliphatic heterocycles. The molecule has 0 spiro atoms. The number of rotatable bonds is 11. The van der Waals surface area contributed by atoms with Crippen LogP contribution in [0.3, 0.4) is 0 Å². The lowest BCUT2D eigenvalue weighted by atomic mass is 9.93. The van der Waals surface area contributed by atoms with E-state index >= 15 is 0 Å². The lowest BCUT2D eigenvalue weighted by Crippen LogP contribution is -2.10. The van der Waals surface area contributed by atoms with Crippen LogP contribution in [0.15, 0.2) is 255 Å². The summed E-state index contributed by atoms with van der Waals surface area (Å²) in [5.74, 6) is 0. The van der Waals surface area contributed by atoms with Crippen molar-refractivity contribution < 1.29 is 0 Å². The van der Waals surface area contributed by atoms with Crippen molar-refractivity contribution >= 4 is 123 Å². The highest BCUT2D eigenvalue weighted by Gasteiger charge is 2.20. The predicted octanol–water partition coefficient (Wildman–Crippen LogP) is 21.0. The molecule has 0 radical (unpaired) electrons. The Hall–Kier alpha value is -9.76. The van der Waals surface area contributed by atoms with E-state index in [-0.39, 0.29) is 0 Å². The van der Waals surface area contributed by atoms with Gasteiger partial charge in [-0.3, -0.25) is 0 Å². The Bertz CT molecular complexity index is 4150. The molecule has 14 aromatic rings. The zero-order valence-corrected chi connectivity index (χ0v) is 42.5. The van der Waals surface area contributed by atoms with Gasteiger partial charge in [0.1, 0.15) is 0 Å². The second-order valence-corrected chi connectivity index (χ2v) is 20.3. The van der Waals surface area contributed by atoms with Crippen LogP contribution in [0, 0.1) is 13.8 Å². The Kier molecular flexibility index (Phi) is 11.0. The van der Waals surface area contributed by atoms with Gasteiger partial charge < -0.3 is 9.80 Å². The Labute approximate surface area is 443 Å². The van der Waals surface area contributed by atoms with E-state index in [1.807, 2.05) is 0 Å². The Morgan fingerprint density at radius 2 is 0.500 bits per heavy atom. The first-order valence-electron chi connectivity index (χ1n) is 26.3. The highest BCUT2D eigenvalue weighted by Crippen LogP contribution is 2.46. The van der Waals surface area contributed by atoms with Crippen molar-refractivity contribution in [3.8, 4) is 11.1 Å². The highest BCUT2D eigenvalue weighted by atomic mass is 15.1. The molecule has 0 aromatic heterocycles. The maximum Gasteiger partial charge on any atom is 0.0540 e. The minimum atomic E-state index is 1.12. The molecule has 0 aliphatic rings. The van der Waals surface area contributed by atoms with Gasteiger partial charge in [-0.1, -0.05) is 230 Å². The highest BCUT2D eigenvalue weighted by molar-refractivity contribution is 6.27. The minimum Gasteiger partial charge on any atom is -0.310 e. The van der Waals surface area contributed by atoms with Crippen LogP contribution in [0.25, 0.3) is 100 Å². The Morgan fingerprint density at radius 1 is 0.237 bits per heavy atom. The summed E-state index contributed by atoms with van der Waals surface area (Å²) >= 11 is 0. The number of aryl methyl sites for hydroxylation is 2. The van der Waals surface area contributed by atoms with Crippen molar-refractivity contribution in [3.63, 3.8) is 0 Å². The molecular weight excluding hydrogens is 917 g/mol. The van der Waals surface area contributed by atoms with Gasteiger partial charge in [0, 0.05) is 33.5 Å². The van der Waals surface area contributed by atoms with Crippen LogP contribution in [0.4, 0.5) is 34.1 Å². The Balaban J connectivity index is 0.675. The zero-order chi connectivity index (χ0) is 50.7. The predicted molar refractivity (Wildman–Crippen MR) is 329 cm³/mol. The lowest BCUT2D eigenvalue weighted by Gasteiger charge is -2.28. The van der Waals surface area contributed by atoms with Crippen molar-refractivity contribution in [2.45, 2.75) is 13.8 Å². The summed E-state index contributed by atoms with van der Waals surface area (Å²) < 4.78 is 0. The summed E-state index contributed by atoms with van der Waals surface area (Å²) in [6.45, 7) is 4.29. The monoisotopic (exact) mass is 968 g/mol. The molecule has 2 nitrogen and oxygen atoms in total. The molecule has 0 amide bonds. The fourth-order valence-corrected chi connectivity index (χ4v) is 11.5. The minimum absolute atomic E-state index is 1.12. The number of hydrogen-bond donors (Lipinski definition) is 0. The standard InChI is InChI=1S/C74H52N2/c1-49-9-37-63(38-10-49)75(69-47-35-61-31-29-57-5-3-7-59-33-45-67(69)73(61)71(57)59)65-41-21-53(22-42-65)15-13-51-17-25-55(26-18-51)56-27-19-52(20-28-56)14-16-54-23-43-66(44-24-54)76(64-39-11-50(2)12-40-64)70-48-36-62-32-30-58-6-4-8-60-34-46-68(70)74(62)72(58)60/h3-48H,1-2H3/b15-13-,16-14-. The largest absolute Gasteiger partial charge is 0.310 e. The second-order valence-electron chi connectivity index (χ2n) is 20.3. The van der Waals surface area contributed by atoms with Crippen molar-refractivity contribution in [3.05, 3.63) is 288 Å². The molecule has 0 saturated heterocycles. The average Bonchev–Trinajstić information content (AvgIpc) is 3.61. The van der Waals surface area contributed by atoms with E-state index < -0.39 is 0 Å². The third kappa shape index (κ3) is 8.09. The molecule has 14 rings (SSSR count). The summed E-state index contributed by atoms with van der Waals surface area (Å²) in [5.41, 5.74) is 16.3. The third-order valence-corrected chi connectivity index (χ3v) is 15.5. The van der Waals surface area contributed by atoms with E-state index in [9.17, 15) is 0 Å². The average molecular weight is 969 g/mol. The van der Waals surface area contributed by atoms with Crippen molar-refractivity contribution in [2.75, 3.05) is 9.80 Å². The van der Waals surface area contributed by atoms with Crippen LogP contribution in [0.2, 0.25) is 0 Å². The number of anilines is 6. The fourth-order valence-electron chi connectivity index (χ4n) is 11.5. The first-order valence-corrected chi connectivity index (χ1v) is 26.3. The second kappa shape index (κ2) is 18.6. The summed E-state index contributed by atoms with van der Waals surface area (Å²) in [6, 6.07) is 93.7. The van der Waals surface area contributed by atoms with Crippen LogP contribution in [-0.4, -0.2) is 0 Å². The molecule has 76 heavy (non-hydrogen) atoms. The molecule has 0 unspecified atom stereocenters. The van der Waals surface area contributed by atoms with Crippen LogP contribution in [0.5, 0.6) is 0 Å².